The van der Waals surface area contributed by atoms with Crippen LogP contribution in [0.25, 0.3) is 0 Å². The largest absolute Gasteiger partial charge is 0.454 e. The van der Waals surface area contributed by atoms with Crippen LogP contribution in [-0.2, 0) is 9.53 Å². The number of esters is 1. The van der Waals surface area contributed by atoms with E-state index in [0.717, 1.165) is 6.08 Å². The lowest BCUT2D eigenvalue weighted by molar-refractivity contribution is -0.140. The first-order valence-electron chi connectivity index (χ1n) is 5.85. The number of carbonyl (C=O) groups is 3. The number of carbonyl (C=O) groups excluding carboxylic acids is 3. The van der Waals surface area contributed by atoms with Gasteiger partial charge in [-0.2, -0.15) is 0 Å². The number of Topliss-reactive ketones (excluding diaryl/α,β-unsaturated/α-hetero) is 1. The lowest BCUT2D eigenvalue weighted by Crippen LogP contribution is -2.31. The number of aliphatic hydroxyl groups is 1. The lowest BCUT2D eigenvalue weighted by Gasteiger charge is -2.20. The number of benzene rings is 1. The summed E-state index contributed by atoms with van der Waals surface area (Å²) in [5, 5.41) is 9.71. The summed E-state index contributed by atoms with van der Waals surface area (Å²) in [6.07, 6.45) is -1.14. The Labute approximate surface area is 108 Å². The summed E-state index contributed by atoms with van der Waals surface area (Å²) in [7, 11) is 0. The number of allylic oxidation sites excluding steroid dienone is 1. The number of rotatable bonds is 1. The molecule has 1 fully saturated rings. The minimum absolute atomic E-state index is 0.0436. The second-order valence-corrected chi connectivity index (χ2v) is 4.52. The van der Waals surface area contributed by atoms with E-state index in [4.69, 9.17) is 4.74 Å². The number of fused-ring (bicyclic) bond motifs is 1. The van der Waals surface area contributed by atoms with E-state index in [2.05, 4.69) is 0 Å². The highest BCUT2D eigenvalue weighted by Crippen LogP contribution is 2.29. The maximum absolute atomic E-state index is 12.3. The van der Waals surface area contributed by atoms with E-state index < -0.39 is 18.2 Å². The molecule has 1 aromatic carbocycles. The Morgan fingerprint density at radius 2 is 1.79 bits per heavy atom. The van der Waals surface area contributed by atoms with Crippen LogP contribution >= 0.6 is 0 Å². The molecule has 1 aromatic rings. The number of hydrogen-bond acceptors (Lipinski definition) is 5. The van der Waals surface area contributed by atoms with Gasteiger partial charge in [0, 0.05) is 16.7 Å². The zero-order chi connectivity index (χ0) is 13.6. The van der Waals surface area contributed by atoms with Crippen LogP contribution in [0.3, 0.4) is 0 Å². The molecule has 2 aliphatic rings. The van der Waals surface area contributed by atoms with Gasteiger partial charge in [-0.1, -0.05) is 24.3 Å². The topological polar surface area (TPSA) is 80.7 Å². The second-order valence-electron chi connectivity index (χ2n) is 4.52. The third-order valence-corrected chi connectivity index (χ3v) is 3.28. The van der Waals surface area contributed by atoms with Crippen molar-refractivity contribution in [3.8, 4) is 0 Å². The van der Waals surface area contributed by atoms with Gasteiger partial charge < -0.3 is 9.84 Å². The van der Waals surface area contributed by atoms with Crippen molar-refractivity contribution in [2.24, 2.45) is 0 Å². The van der Waals surface area contributed by atoms with Crippen molar-refractivity contribution in [1.29, 1.82) is 0 Å². The fourth-order valence-electron chi connectivity index (χ4n) is 2.36. The monoisotopic (exact) mass is 258 g/mol. The Bertz CT molecular complexity index is 628. The van der Waals surface area contributed by atoms with E-state index in [1.165, 1.54) is 0 Å². The molecule has 0 amide bonds. The Morgan fingerprint density at radius 1 is 1.11 bits per heavy atom. The van der Waals surface area contributed by atoms with E-state index in [1.54, 1.807) is 24.3 Å². The van der Waals surface area contributed by atoms with Gasteiger partial charge in [0.05, 0.1) is 6.42 Å². The molecule has 1 aliphatic heterocycles. The predicted octanol–water partition coefficient (Wildman–Crippen LogP) is 0.668. The van der Waals surface area contributed by atoms with Crippen LogP contribution in [0.1, 0.15) is 27.1 Å². The summed E-state index contributed by atoms with van der Waals surface area (Å²) in [6.45, 7) is 0. The summed E-state index contributed by atoms with van der Waals surface area (Å²) in [4.78, 5) is 35.3. The maximum atomic E-state index is 12.3. The van der Waals surface area contributed by atoms with Crippen molar-refractivity contribution in [3.63, 3.8) is 0 Å². The summed E-state index contributed by atoms with van der Waals surface area (Å²) in [5.41, 5.74) is 0.650. The fraction of sp³-hybridized carbons (Fsp3) is 0.214. The molecule has 5 nitrogen and oxygen atoms in total. The van der Waals surface area contributed by atoms with E-state index in [0.29, 0.717) is 5.56 Å². The standard InChI is InChI=1S/C14H10O5/c15-10-5-9(14-11(16)6-12(17)19-14)13(18)8-4-2-1-3-7(8)10/h1-5,11,14,16H,6H2/t11-,14-/m0/s1. The Morgan fingerprint density at radius 3 is 2.42 bits per heavy atom. The Kier molecular flexibility index (Phi) is 2.57. The van der Waals surface area contributed by atoms with Crippen molar-refractivity contribution in [2.75, 3.05) is 0 Å². The molecule has 2 atom stereocenters. The van der Waals surface area contributed by atoms with Crippen molar-refractivity contribution >= 4 is 17.5 Å². The molecular formula is C14H10O5. The molecule has 0 spiro atoms. The summed E-state index contributed by atoms with van der Waals surface area (Å²) in [5.74, 6) is -1.27. The highest BCUT2D eigenvalue weighted by molar-refractivity contribution is 6.25. The highest BCUT2D eigenvalue weighted by Gasteiger charge is 2.41. The molecule has 0 aromatic heterocycles. The minimum atomic E-state index is -1.08. The SMILES string of the molecule is O=C1C[C@H](O)[C@H](C2=CC(=O)c3ccccc3C2=O)O1. The molecule has 0 unspecified atom stereocenters. The number of hydrogen-bond donors (Lipinski definition) is 1. The van der Waals surface area contributed by atoms with Gasteiger partial charge in [-0.15, -0.1) is 0 Å². The van der Waals surface area contributed by atoms with Crippen LogP contribution in [0.5, 0.6) is 0 Å². The Balaban J connectivity index is 2.04. The first kappa shape index (κ1) is 11.8. The van der Waals surface area contributed by atoms with Gasteiger partial charge in [-0.25, -0.2) is 0 Å². The van der Waals surface area contributed by atoms with Crippen LogP contribution < -0.4 is 0 Å². The first-order chi connectivity index (χ1) is 9.08. The number of cyclic esters (lactones) is 1. The van der Waals surface area contributed by atoms with E-state index in [-0.39, 0.29) is 29.1 Å². The molecule has 1 heterocycles. The van der Waals surface area contributed by atoms with Crippen LogP contribution in [0, 0.1) is 0 Å². The third kappa shape index (κ3) is 1.79. The maximum Gasteiger partial charge on any atom is 0.309 e. The summed E-state index contributed by atoms with van der Waals surface area (Å²) < 4.78 is 4.92. The quantitative estimate of drug-likeness (QED) is 0.749. The van der Waals surface area contributed by atoms with Crippen LogP contribution in [-0.4, -0.2) is 34.9 Å². The van der Waals surface area contributed by atoms with Gasteiger partial charge in [0.1, 0.15) is 6.10 Å². The second kappa shape index (κ2) is 4.13. The molecule has 96 valence electrons. The van der Waals surface area contributed by atoms with E-state index in [9.17, 15) is 19.5 Å². The molecule has 0 saturated carbocycles. The van der Waals surface area contributed by atoms with Gasteiger partial charge >= 0.3 is 5.97 Å². The Hall–Kier alpha value is -2.27. The molecule has 5 heteroatoms. The zero-order valence-corrected chi connectivity index (χ0v) is 9.83. The molecule has 0 bridgehead atoms. The molecule has 0 radical (unpaired) electrons. The van der Waals surface area contributed by atoms with Crippen LogP contribution in [0.2, 0.25) is 0 Å². The van der Waals surface area contributed by atoms with Crippen LogP contribution in [0.15, 0.2) is 35.9 Å². The molecule has 19 heavy (non-hydrogen) atoms. The molecule has 1 N–H and O–H groups in total. The smallest absolute Gasteiger partial charge is 0.309 e. The molecular weight excluding hydrogens is 248 g/mol. The van der Waals surface area contributed by atoms with Gasteiger partial charge in [-0.3, -0.25) is 14.4 Å². The van der Waals surface area contributed by atoms with Crippen molar-refractivity contribution < 1.29 is 24.2 Å². The number of aliphatic hydroxyl groups excluding tert-OH is 1. The number of ether oxygens (including phenoxy) is 1. The summed E-state index contributed by atoms with van der Waals surface area (Å²) >= 11 is 0. The molecule has 1 aliphatic carbocycles. The predicted molar refractivity (Wildman–Crippen MR) is 63.7 cm³/mol. The normalized spacial score (nSPS) is 25.9. The van der Waals surface area contributed by atoms with Crippen molar-refractivity contribution in [1.82, 2.24) is 0 Å². The van der Waals surface area contributed by atoms with Crippen molar-refractivity contribution in [2.45, 2.75) is 18.6 Å². The fourth-order valence-corrected chi connectivity index (χ4v) is 2.36. The van der Waals surface area contributed by atoms with Gasteiger partial charge in [0.15, 0.2) is 17.7 Å². The first-order valence-corrected chi connectivity index (χ1v) is 5.85. The zero-order valence-electron chi connectivity index (χ0n) is 9.83. The highest BCUT2D eigenvalue weighted by atomic mass is 16.6. The van der Waals surface area contributed by atoms with Gasteiger partial charge in [0.2, 0.25) is 0 Å². The van der Waals surface area contributed by atoms with Crippen LogP contribution in [0.4, 0.5) is 0 Å². The van der Waals surface area contributed by atoms with Gasteiger partial charge in [0.25, 0.3) is 0 Å². The van der Waals surface area contributed by atoms with Gasteiger partial charge in [-0.05, 0) is 6.08 Å². The van der Waals surface area contributed by atoms with Crippen molar-refractivity contribution in [3.05, 3.63) is 47.0 Å². The lowest BCUT2D eigenvalue weighted by atomic mass is 9.86. The average Bonchev–Trinajstić information content (AvgIpc) is 2.73. The number of ketones is 2. The molecule has 3 rings (SSSR count). The summed E-state index contributed by atoms with van der Waals surface area (Å²) in [6, 6.07) is 6.45. The average molecular weight is 258 g/mol. The van der Waals surface area contributed by atoms with E-state index in [1.807, 2.05) is 0 Å². The molecule has 1 saturated heterocycles. The third-order valence-electron chi connectivity index (χ3n) is 3.28. The minimum Gasteiger partial charge on any atom is -0.454 e. The van der Waals surface area contributed by atoms with E-state index >= 15 is 0 Å².